The average Bonchev–Trinajstić information content (AvgIpc) is 2.50. The predicted octanol–water partition coefficient (Wildman–Crippen LogP) is 3.26. The number of aromatic nitrogens is 1. The molecule has 2 N–H and O–H groups in total. The number of nitrogens with one attached hydrogen (secondary N) is 1. The van der Waals surface area contributed by atoms with Crippen molar-refractivity contribution in [2.75, 3.05) is 18.5 Å². The molecule has 0 fully saturated rings. The third-order valence-corrected chi connectivity index (χ3v) is 3.05. The SMILES string of the molecule is Cc1cccc(OCC(O)CNc2ncccc2C(F)(F)F)c1. The van der Waals surface area contributed by atoms with Crippen LogP contribution >= 0.6 is 0 Å². The van der Waals surface area contributed by atoms with Gasteiger partial charge >= 0.3 is 6.18 Å². The van der Waals surface area contributed by atoms with Gasteiger partial charge in [-0.15, -0.1) is 0 Å². The van der Waals surface area contributed by atoms with Gasteiger partial charge in [0.2, 0.25) is 0 Å². The van der Waals surface area contributed by atoms with Gasteiger partial charge in [0.25, 0.3) is 0 Å². The van der Waals surface area contributed by atoms with Crippen molar-refractivity contribution in [1.29, 1.82) is 0 Å². The molecule has 0 saturated carbocycles. The first-order chi connectivity index (χ1) is 10.9. The predicted molar refractivity (Wildman–Crippen MR) is 80.4 cm³/mol. The van der Waals surface area contributed by atoms with Crippen LogP contribution in [0.25, 0.3) is 0 Å². The molecule has 0 spiro atoms. The van der Waals surface area contributed by atoms with E-state index in [4.69, 9.17) is 4.74 Å². The van der Waals surface area contributed by atoms with E-state index >= 15 is 0 Å². The summed E-state index contributed by atoms with van der Waals surface area (Å²) in [4.78, 5) is 3.66. The summed E-state index contributed by atoms with van der Waals surface area (Å²) in [5, 5.41) is 12.3. The third-order valence-electron chi connectivity index (χ3n) is 3.05. The zero-order valence-corrected chi connectivity index (χ0v) is 12.5. The van der Waals surface area contributed by atoms with Crippen molar-refractivity contribution in [2.45, 2.75) is 19.2 Å². The van der Waals surface area contributed by atoms with E-state index < -0.39 is 17.8 Å². The van der Waals surface area contributed by atoms with E-state index in [0.29, 0.717) is 5.75 Å². The van der Waals surface area contributed by atoms with E-state index in [0.717, 1.165) is 11.6 Å². The number of nitrogens with zero attached hydrogens (tertiary/aromatic N) is 1. The normalized spacial score (nSPS) is 12.7. The van der Waals surface area contributed by atoms with Crippen LogP contribution in [0.3, 0.4) is 0 Å². The minimum absolute atomic E-state index is 0.0371. The van der Waals surface area contributed by atoms with E-state index in [1.54, 1.807) is 12.1 Å². The van der Waals surface area contributed by atoms with Crippen molar-refractivity contribution in [2.24, 2.45) is 0 Å². The molecule has 0 amide bonds. The zero-order chi connectivity index (χ0) is 16.9. The Kier molecular flexibility index (Phi) is 5.44. The van der Waals surface area contributed by atoms with Gasteiger partial charge in [0, 0.05) is 12.7 Å². The summed E-state index contributed by atoms with van der Waals surface area (Å²) in [6, 6.07) is 9.42. The van der Waals surface area contributed by atoms with Crippen LogP contribution < -0.4 is 10.1 Å². The van der Waals surface area contributed by atoms with Crippen LogP contribution in [0.4, 0.5) is 19.0 Å². The lowest BCUT2D eigenvalue weighted by Gasteiger charge is -2.16. The fourth-order valence-corrected chi connectivity index (χ4v) is 1.95. The fraction of sp³-hybridized carbons (Fsp3) is 0.312. The molecule has 4 nitrogen and oxygen atoms in total. The molecule has 0 aliphatic heterocycles. The average molecular weight is 326 g/mol. The second kappa shape index (κ2) is 7.32. The highest BCUT2D eigenvalue weighted by Crippen LogP contribution is 2.33. The van der Waals surface area contributed by atoms with Crippen molar-refractivity contribution in [1.82, 2.24) is 4.98 Å². The number of pyridine rings is 1. The number of ether oxygens (including phenoxy) is 1. The second-order valence-electron chi connectivity index (χ2n) is 5.06. The monoisotopic (exact) mass is 326 g/mol. The van der Waals surface area contributed by atoms with Crippen LogP contribution in [0.1, 0.15) is 11.1 Å². The van der Waals surface area contributed by atoms with E-state index in [1.807, 2.05) is 19.1 Å². The molecule has 1 aromatic heterocycles. The Labute approximate surface area is 131 Å². The lowest BCUT2D eigenvalue weighted by Crippen LogP contribution is -2.27. The maximum absolute atomic E-state index is 12.8. The Hall–Kier alpha value is -2.28. The molecule has 1 aromatic carbocycles. The topological polar surface area (TPSA) is 54.4 Å². The standard InChI is InChI=1S/C16H17F3N2O2/c1-11-4-2-5-13(8-11)23-10-12(22)9-21-15-14(16(17,18)19)6-3-7-20-15/h2-8,12,22H,9-10H2,1H3,(H,20,21). The number of hydrogen-bond donors (Lipinski definition) is 2. The number of aliphatic hydroxyl groups excluding tert-OH is 1. The van der Waals surface area contributed by atoms with Gasteiger partial charge in [-0.25, -0.2) is 4.98 Å². The fourth-order valence-electron chi connectivity index (χ4n) is 1.95. The van der Waals surface area contributed by atoms with Gasteiger partial charge in [0.05, 0.1) is 5.56 Å². The van der Waals surface area contributed by atoms with Crippen LogP contribution in [-0.2, 0) is 6.18 Å². The molecule has 2 aromatic rings. The molecule has 0 aliphatic carbocycles. The summed E-state index contributed by atoms with van der Waals surface area (Å²) in [5.74, 6) is 0.285. The largest absolute Gasteiger partial charge is 0.491 e. The van der Waals surface area contributed by atoms with Crippen LogP contribution in [-0.4, -0.2) is 29.3 Å². The van der Waals surface area contributed by atoms with Gasteiger partial charge in [-0.05, 0) is 36.8 Å². The molecule has 0 saturated heterocycles. The maximum Gasteiger partial charge on any atom is 0.419 e. The van der Waals surface area contributed by atoms with Crippen molar-refractivity contribution in [3.8, 4) is 5.75 Å². The van der Waals surface area contributed by atoms with Crippen molar-refractivity contribution >= 4 is 5.82 Å². The molecular formula is C16H17F3N2O2. The first-order valence-corrected chi connectivity index (χ1v) is 7.00. The summed E-state index contributed by atoms with van der Waals surface area (Å²) >= 11 is 0. The third kappa shape index (κ3) is 5.14. The minimum Gasteiger partial charge on any atom is -0.491 e. The van der Waals surface area contributed by atoms with Gasteiger partial charge in [0.1, 0.15) is 24.3 Å². The molecule has 124 valence electrons. The smallest absolute Gasteiger partial charge is 0.419 e. The summed E-state index contributed by atoms with van der Waals surface area (Å²) in [7, 11) is 0. The summed E-state index contributed by atoms with van der Waals surface area (Å²) in [5.41, 5.74) is 0.144. The molecular weight excluding hydrogens is 309 g/mol. The molecule has 0 radical (unpaired) electrons. The summed E-state index contributed by atoms with van der Waals surface area (Å²) < 4.78 is 43.8. The summed E-state index contributed by atoms with van der Waals surface area (Å²) in [6.07, 6.45) is -4.22. The Bertz CT molecular complexity index is 647. The molecule has 23 heavy (non-hydrogen) atoms. The minimum atomic E-state index is -4.50. The van der Waals surface area contributed by atoms with Gasteiger partial charge in [-0.3, -0.25) is 0 Å². The maximum atomic E-state index is 12.8. The number of anilines is 1. The molecule has 1 heterocycles. The highest BCUT2D eigenvalue weighted by Gasteiger charge is 2.34. The van der Waals surface area contributed by atoms with E-state index in [-0.39, 0.29) is 19.0 Å². The quantitative estimate of drug-likeness (QED) is 0.855. The highest BCUT2D eigenvalue weighted by molar-refractivity contribution is 5.45. The Morgan fingerprint density at radius 1 is 1.26 bits per heavy atom. The Balaban J connectivity index is 1.89. The number of rotatable bonds is 6. The van der Waals surface area contributed by atoms with Crippen LogP contribution in [0, 0.1) is 6.92 Å². The molecule has 1 atom stereocenters. The molecule has 0 bridgehead atoms. The lowest BCUT2D eigenvalue weighted by molar-refractivity contribution is -0.137. The van der Waals surface area contributed by atoms with Crippen molar-refractivity contribution < 1.29 is 23.0 Å². The van der Waals surface area contributed by atoms with Crippen molar-refractivity contribution in [3.63, 3.8) is 0 Å². The summed E-state index contributed by atoms with van der Waals surface area (Å²) in [6.45, 7) is 1.77. The zero-order valence-electron chi connectivity index (χ0n) is 12.5. The lowest BCUT2D eigenvalue weighted by atomic mass is 10.2. The number of alkyl halides is 3. The highest BCUT2D eigenvalue weighted by atomic mass is 19.4. The molecule has 2 rings (SSSR count). The number of aliphatic hydroxyl groups is 1. The van der Waals surface area contributed by atoms with E-state index in [2.05, 4.69) is 10.3 Å². The second-order valence-corrected chi connectivity index (χ2v) is 5.06. The van der Waals surface area contributed by atoms with Gasteiger partial charge < -0.3 is 15.2 Å². The van der Waals surface area contributed by atoms with Gasteiger partial charge in [-0.2, -0.15) is 13.2 Å². The van der Waals surface area contributed by atoms with Crippen molar-refractivity contribution in [3.05, 3.63) is 53.7 Å². The van der Waals surface area contributed by atoms with Crippen LogP contribution in [0.5, 0.6) is 5.75 Å². The van der Waals surface area contributed by atoms with Crippen LogP contribution in [0.15, 0.2) is 42.6 Å². The van der Waals surface area contributed by atoms with Gasteiger partial charge in [-0.1, -0.05) is 12.1 Å². The molecule has 0 aliphatic rings. The molecule has 1 unspecified atom stereocenters. The number of benzene rings is 1. The molecule has 7 heteroatoms. The number of halogens is 3. The number of aryl methyl sites for hydroxylation is 1. The Morgan fingerprint density at radius 2 is 2.04 bits per heavy atom. The first kappa shape index (κ1) is 17.1. The van der Waals surface area contributed by atoms with Gasteiger partial charge in [0.15, 0.2) is 0 Å². The number of hydrogen-bond acceptors (Lipinski definition) is 4. The van der Waals surface area contributed by atoms with E-state index in [9.17, 15) is 18.3 Å². The first-order valence-electron chi connectivity index (χ1n) is 7.00. The van der Waals surface area contributed by atoms with Crippen LogP contribution in [0.2, 0.25) is 0 Å². The van der Waals surface area contributed by atoms with E-state index in [1.165, 1.54) is 12.3 Å². The Morgan fingerprint density at radius 3 is 2.74 bits per heavy atom.